The van der Waals surface area contributed by atoms with Crippen LogP contribution in [-0.2, 0) is 37.7 Å². The van der Waals surface area contributed by atoms with Crippen LogP contribution in [0.5, 0.6) is 0 Å². The van der Waals surface area contributed by atoms with Crippen molar-refractivity contribution < 1.29 is 62.7 Å². The molecule has 0 heterocycles. The van der Waals surface area contributed by atoms with Gasteiger partial charge in [-0.1, -0.05) is 0 Å². The van der Waals surface area contributed by atoms with Crippen molar-refractivity contribution in [2.45, 2.75) is 0 Å². The fourth-order valence-electron chi connectivity index (χ4n) is 0. The third-order valence-electron chi connectivity index (χ3n) is 0. The molecule has 10 heavy (non-hydrogen) atoms. The molecule has 8 nitrogen and oxygen atoms in total. The molecule has 0 bridgehead atoms. The molecule has 0 rings (SSSR count). The minimum Gasteiger partial charge on any atom is 2.00 e. The molecule has 0 aliphatic rings. The van der Waals surface area contributed by atoms with Crippen LogP contribution < -0.4 is 8.32 Å². The van der Waals surface area contributed by atoms with E-state index in [0.717, 1.165) is 0 Å². The van der Waals surface area contributed by atoms with E-state index in [2.05, 4.69) is 0 Å². The molecule has 0 atom stereocenters. The molecule has 0 aromatic heterocycles. The Hall–Kier alpha value is 0.516. The first-order valence-electron chi connectivity index (χ1n) is 1.40. The molecule has 0 unspecified atom stereocenters. The fourth-order valence-corrected chi connectivity index (χ4v) is 0. The molecule has 4 N–H and O–H groups in total. The summed E-state index contributed by atoms with van der Waals surface area (Å²) in [6, 6.07) is 0. The first-order valence-corrected chi connectivity index (χ1v) is 5.76. The first-order chi connectivity index (χ1) is 2.83. The maximum atomic E-state index is 9.12. The van der Waals surface area contributed by atoms with Gasteiger partial charge < -0.3 is 0 Å². The molecule has 0 saturated carbocycles. The smallest absolute Gasteiger partial charge is 2.00 e. The van der Waals surface area contributed by atoms with Gasteiger partial charge in [0, 0.05) is 0 Å². The van der Waals surface area contributed by atoms with Crippen LogP contribution in [0.15, 0.2) is 0 Å². The van der Waals surface area contributed by atoms with E-state index in [4.69, 9.17) is 32.6 Å². The summed E-state index contributed by atoms with van der Waals surface area (Å²) in [4.78, 5) is 0. The van der Waals surface area contributed by atoms with Crippen LogP contribution in [0.2, 0.25) is 0 Å². The Balaban J connectivity index is 0. The molecule has 0 amide bonds. The summed E-state index contributed by atoms with van der Waals surface area (Å²) in [5, 5.41) is 0. The van der Waals surface area contributed by atoms with Gasteiger partial charge in [-0.05, 0) is 0 Å². The van der Waals surface area contributed by atoms with Crippen LogP contribution in [0.3, 0.4) is 0 Å². The Morgan fingerprint density at radius 3 is 0.900 bits per heavy atom. The first kappa shape index (κ1) is 13.1. The van der Waals surface area contributed by atoms with Gasteiger partial charge >= 0.3 is 62.7 Å². The molecule has 0 aliphatic carbocycles. The molecule has 0 aromatic rings. The van der Waals surface area contributed by atoms with E-state index in [9.17, 15) is 0 Å². The average molecular weight is 249 g/mol. The third kappa shape index (κ3) is 1810. The van der Waals surface area contributed by atoms with Crippen molar-refractivity contribution in [2.75, 3.05) is 0 Å². The number of hydrogen-bond donors (Lipinski definition) is 4. The van der Waals surface area contributed by atoms with E-state index in [-0.39, 0.29) is 19.5 Å². The zero-order valence-electron chi connectivity index (χ0n) is 4.54. The van der Waals surface area contributed by atoms with Crippen LogP contribution in [0.1, 0.15) is 0 Å². The minimum absolute atomic E-state index is 0. The molecule has 10 heteroatoms. The molecular weight excluding hydrogens is 245 g/mol. The quantitative estimate of drug-likeness (QED) is 0.311. The molecule has 0 fully saturated rings. The second-order valence-electron chi connectivity index (χ2n) is 2.09. The average Bonchev–Trinajstić information content (AvgIpc) is 0.503. The molecule has 0 aromatic carbocycles. The molecule has 60 valence electrons. The molecule has 0 radical (unpaired) electrons. The maximum Gasteiger partial charge on any atom is 2.00 e. The van der Waals surface area contributed by atoms with Gasteiger partial charge in [0.25, 0.3) is 0 Å². The zero-order chi connectivity index (χ0) is 8.35. The van der Waals surface area contributed by atoms with Crippen LogP contribution >= 0.6 is 0 Å². The summed E-state index contributed by atoms with van der Waals surface area (Å²) in [7, 11) is -12.1. The van der Waals surface area contributed by atoms with E-state index < -0.39 is 10.7 Å². The predicted molar refractivity (Wildman–Crippen MR) is 10.2 cm³/mol. The van der Waals surface area contributed by atoms with Gasteiger partial charge in [-0.25, -0.2) is 0 Å². The second kappa shape index (κ2) is 0.849. The van der Waals surface area contributed by atoms with Crippen molar-refractivity contribution in [3.63, 3.8) is 0 Å². The van der Waals surface area contributed by atoms with Gasteiger partial charge in [0.05, 0.1) is 0 Å². The predicted octanol–water partition coefficient (Wildman–Crippen LogP) is -4.85. The van der Waals surface area contributed by atoms with E-state index in [0.29, 0.717) is 0 Å². The van der Waals surface area contributed by atoms with Crippen molar-refractivity contribution in [1.82, 2.24) is 0 Å². The Morgan fingerprint density at radius 1 is 0.900 bits per heavy atom. The van der Waals surface area contributed by atoms with Crippen LogP contribution in [-0.4, -0.2) is 16.6 Å². The largest absolute Gasteiger partial charge is 2.00 e. The Morgan fingerprint density at radius 2 is 0.900 bits per heavy atom. The summed E-state index contributed by atoms with van der Waals surface area (Å²) in [6.07, 6.45) is 0. The Bertz CT molecular complexity index is 325. The number of rotatable bonds is 0. The van der Waals surface area contributed by atoms with Crippen LogP contribution in [0.25, 0.3) is 0 Å². The standard InChI is InChI=1S/Cr.4H2O.4O.Zn/h;4*1H2;;;;;/q+4;;;;;;;2*-1;+2/p-4. The van der Waals surface area contributed by atoms with Gasteiger partial charge in [-0.3, -0.25) is 0 Å². The number of hydrogen-bond acceptors (Lipinski definition) is 4. The second-order valence-corrected chi connectivity index (χ2v) is 8.62. The van der Waals surface area contributed by atoms with Gasteiger partial charge in [0.2, 0.25) is 0 Å². The summed E-state index contributed by atoms with van der Waals surface area (Å²) in [6.45, 7) is 0. The summed E-state index contributed by atoms with van der Waals surface area (Å²) >= 11 is 0. The van der Waals surface area contributed by atoms with Gasteiger partial charge in [0.15, 0.2) is 0 Å². The summed E-state index contributed by atoms with van der Waals surface area (Å²) < 4.78 is 64.4. The van der Waals surface area contributed by atoms with Crippen LogP contribution in [0.4, 0.5) is 0 Å². The van der Waals surface area contributed by atoms with E-state index >= 15 is 0 Å². The third-order valence-corrected chi connectivity index (χ3v) is 0. The molecule has 0 aliphatic heterocycles. The maximum absolute atomic E-state index is 12.1. The normalized spacial score (nSPS) is 27.8. The van der Waals surface area contributed by atoms with E-state index in [1.54, 1.807) is 0 Å². The van der Waals surface area contributed by atoms with Crippen molar-refractivity contribution >= 4 is 0 Å². The molecular formula is H4CrO8Zn. The van der Waals surface area contributed by atoms with Gasteiger partial charge in [-0.15, -0.1) is 0 Å². The topological polar surface area (TPSA) is 161 Å². The van der Waals surface area contributed by atoms with E-state index in [1.807, 2.05) is 0 Å². The van der Waals surface area contributed by atoms with Crippen molar-refractivity contribution in [2.24, 2.45) is 0 Å². The van der Waals surface area contributed by atoms with Crippen molar-refractivity contribution in [3.8, 4) is 0 Å². The van der Waals surface area contributed by atoms with Crippen molar-refractivity contribution in [1.29, 1.82) is 0 Å². The van der Waals surface area contributed by atoms with Gasteiger partial charge in [0.1, 0.15) is 0 Å². The molecule has 0 saturated heterocycles. The monoisotopic (exact) mass is 248 g/mol. The fraction of sp³-hybridized carbons (Fsp3) is 0. The summed E-state index contributed by atoms with van der Waals surface area (Å²) in [5.74, 6) is 0. The van der Waals surface area contributed by atoms with Crippen LogP contribution in [0, 0.1) is 0 Å². The van der Waals surface area contributed by atoms with E-state index in [1.165, 1.54) is 0 Å². The zero-order valence-corrected chi connectivity index (χ0v) is 8.78. The Labute approximate surface area is 63.0 Å². The molecule has 0 spiro atoms. The van der Waals surface area contributed by atoms with Gasteiger partial charge in [-0.2, -0.15) is 0 Å². The summed E-state index contributed by atoms with van der Waals surface area (Å²) in [5.41, 5.74) is 0. The SMILES string of the molecule is [O]=[Cr](=[O])([O-])([O-])([OH])([OH])([OH])[OH].[Zn+2]. The minimum atomic E-state index is -12.1. The Kier molecular flexibility index (Phi) is 1.11. The van der Waals surface area contributed by atoms with Crippen molar-refractivity contribution in [3.05, 3.63) is 0 Å².